The number of nitrogens with two attached hydrogens (primary N) is 1. The molecular formula is C13H14ClN3O3. The fourth-order valence-electron chi connectivity index (χ4n) is 2.17. The lowest BCUT2D eigenvalue weighted by atomic mass is 9.95. The molecule has 1 amide bonds. The van der Waals surface area contributed by atoms with Gasteiger partial charge in [0.05, 0.1) is 12.3 Å². The number of hydrogen-bond donors (Lipinski definition) is 2. The van der Waals surface area contributed by atoms with Crippen molar-refractivity contribution in [2.75, 3.05) is 6.54 Å². The van der Waals surface area contributed by atoms with Crippen LogP contribution in [0.15, 0.2) is 41.1 Å². The number of benzene rings is 1. The molecule has 0 saturated carbocycles. The normalized spacial score (nSPS) is 19.9. The van der Waals surface area contributed by atoms with E-state index in [1.165, 1.54) is 11.3 Å². The van der Waals surface area contributed by atoms with E-state index in [1.807, 2.05) is 18.2 Å². The summed E-state index contributed by atoms with van der Waals surface area (Å²) in [6, 6.07) is 6.72. The lowest BCUT2D eigenvalue weighted by Gasteiger charge is -2.33. The first kappa shape index (κ1) is 14.4. The highest BCUT2D eigenvalue weighted by atomic mass is 35.5. The predicted molar refractivity (Wildman–Crippen MR) is 74.5 cm³/mol. The van der Waals surface area contributed by atoms with Crippen LogP contribution >= 0.6 is 11.6 Å². The van der Waals surface area contributed by atoms with Crippen LogP contribution in [0, 0.1) is 0 Å². The van der Waals surface area contributed by atoms with E-state index in [0.717, 1.165) is 5.56 Å². The molecule has 2 rings (SSSR count). The minimum absolute atomic E-state index is 0.385. The third-order valence-electron chi connectivity index (χ3n) is 2.93. The van der Waals surface area contributed by atoms with Crippen LogP contribution in [0.4, 0.5) is 4.79 Å². The van der Waals surface area contributed by atoms with Gasteiger partial charge in [-0.3, -0.25) is 0 Å². The van der Waals surface area contributed by atoms with E-state index in [2.05, 4.69) is 5.16 Å². The monoisotopic (exact) mass is 295 g/mol. The third kappa shape index (κ3) is 3.28. The van der Waals surface area contributed by atoms with Gasteiger partial charge in [0.15, 0.2) is 0 Å². The van der Waals surface area contributed by atoms with Crippen molar-refractivity contribution in [2.24, 2.45) is 10.9 Å². The molecule has 1 aliphatic rings. The van der Waals surface area contributed by atoms with E-state index in [9.17, 15) is 4.79 Å². The lowest BCUT2D eigenvalue weighted by molar-refractivity contribution is -0.121. The van der Waals surface area contributed by atoms with Crippen LogP contribution in [0.2, 0.25) is 5.02 Å². The lowest BCUT2D eigenvalue weighted by Crippen LogP contribution is -2.37. The summed E-state index contributed by atoms with van der Waals surface area (Å²) in [6.45, 7) is 0.499. The molecule has 0 spiro atoms. The third-order valence-corrected chi connectivity index (χ3v) is 3.18. The van der Waals surface area contributed by atoms with Gasteiger partial charge in [0, 0.05) is 11.6 Å². The maximum Gasteiger partial charge on any atom is 0.423 e. The number of hydrogen-bond acceptors (Lipinski definition) is 5. The molecule has 20 heavy (non-hydrogen) atoms. The minimum atomic E-state index is -0.883. The van der Waals surface area contributed by atoms with Gasteiger partial charge in [0.1, 0.15) is 0 Å². The van der Waals surface area contributed by atoms with Gasteiger partial charge >= 0.3 is 6.09 Å². The van der Waals surface area contributed by atoms with E-state index in [0.29, 0.717) is 23.6 Å². The highest BCUT2D eigenvalue weighted by Gasteiger charge is 2.29. The van der Waals surface area contributed by atoms with Gasteiger partial charge < -0.3 is 15.8 Å². The second-order valence-corrected chi connectivity index (χ2v) is 4.68. The van der Waals surface area contributed by atoms with Gasteiger partial charge in [0.2, 0.25) is 0 Å². The number of amides is 1. The summed E-state index contributed by atoms with van der Waals surface area (Å²) in [7, 11) is 0. The maximum absolute atomic E-state index is 11.0. The number of halogens is 1. The smallest absolute Gasteiger partial charge is 0.411 e. The van der Waals surface area contributed by atoms with E-state index < -0.39 is 6.09 Å². The fourth-order valence-corrected chi connectivity index (χ4v) is 2.30. The summed E-state index contributed by atoms with van der Waals surface area (Å²) in [5, 5.41) is 13.9. The quantitative estimate of drug-likeness (QED) is 0.509. The zero-order chi connectivity index (χ0) is 14.5. The maximum atomic E-state index is 11.0. The van der Waals surface area contributed by atoms with Crippen LogP contribution in [0.25, 0.3) is 0 Å². The van der Waals surface area contributed by atoms with Crippen LogP contribution in [-0.4, -0.2) is 29.1 Å². The Labute approximate surface area is 121 Å². The zero-order valence-electron chi connectivity index (χ0n) is 10.6. The number of carbonyl (C=O) groups is 1. The summed E-state index contributed by atoms with van der Waals surface area (Å²) in [5.74, 6) is 0. The molecule has 1 aromatic carbocycles. The molecular weight excluding hydrogens is 282 g/mol. The first-order valence-electron chi connectivity index (χ1n) is 5.99. The van der Waals surface area contributed by atoms with Gasteiger partial charge in [0.25, 0.3) is 0 Å². The van der Waals surface area contributed by atoms with Crippen LogP contribution < -0.4 is 5.73 Å². The van der Waals surface area contributed by atoms with Crippen molar-refractivity contribution in [1.29, 1.82) is 0 Å². The molecule has 1 aliphatic heterocycles. The van der Waals surface area contributed by atoms with Crippen molar-refractivity contribution in [2.45, 2.75) is 12.5 Å². The summed E-state index contributed by atoms with van der Waals surface area (Å²) in [4.78, 5) is 16.0. The van der Waals surface area contributed by atoms with Crippen molar-refractivity contribution in [1.82, 2.24) is 5.06 Å². The van der Waals surface area contributed by atoms with Gasteiger partial charge in [-0.15, -0.1) is 5.06 Å². The molecule has 1 unspecified atom stereocenters. The Hall–Kier alpha value is -2.05. The minimum Gasteiger partial charge on any atom is -0.411 e. The molecule has 0 fully saturated rings. The van der Waals surface area contributed by atoms with E-state index in [4.69, 9.17) is 27.4 Å². The van der Waals surface area contributed by atoms with Crippen molar-refractivity contribution < 1.29 is 14.8 Å². The first-order chi connectivity index (χ1) is 9.61. The van der Waals surface area contributed by atoms with Crippen LogP contribution in [0.5, 0.6) is 0 Å². The van der Waals surface area contributed by atoms with Gasteiger partial charge in [-0.2, -0.15) is 0 Å². The molecule has 0 bridgehead atoms. The average molecular weight is 296 g/mol. The summed E-state index contributed by atoms with van der Waals surface area (Å²) >= 11 is 5.87. The number of nitrogens with zero attached hydrogens (tertiary/aromatic N) is 2. The number of rotatable bonds is 3. The Bertz CT molecular complexity index is 542. The van der Waals surface area contributed by atoms with E-state index in [-0.39, 0.29) is 6.04 Å². The predicted octanol–water partition coefficient (Wildman–Crippen LogP) is 2.48. The number of hydroxylamine groups is 2. The zero-order valence-corrected chi connectivity index (χ0v) is 11.3. The highest BCUT2D eigenvalue weighted by Crippen LogP contribution is 2.32. The Morgan fingerprint density at radius 2 is 2.20 bits per heavy atom. The van der Waals surface area contributed by atoms with E-state index >= 15 is 0 Å². The van der Waals surface area contributed by atoms with Crippen molar-refractivity contribution >= 4 is 23.9 Å². The Balaban J connectivity index is 2.37. The SMILES string of the molecule is NC(=O)ON1CCC=C(C=NO)C1c1ccc(Cl)cc1. The molecule has 106 valence electrons. The summed E-state index contributed by atoms with van der Waals surface area (Å²) in [6.07, 6.45) is 3.00. The number of carbonyl (C=O) groups excluding carboxylic acids is 1. The second kappa shape index (κ2) is 6.40. The molecule has 1 aromatic rings. The molecule has 1 atom stereocenters. The largest absolute Gasteiger partial charge is 0.423 e. The fraction of sp³-hybridized carbons (Fsp3) is 0.231. The molecule has 7 heteroatoms. The Kier molecular flexibility index (Phi) is 4.60. The highest BCUT2D eigenvalue weighted by molar-refractivity contribution is 6.30. The first-order valence-corrected chi connectivity index (χ1v) is 6.36. The molecule has 3 N–H and O–H groups in total. The van der Waals surface area contributed by atoms with Crippen molar-refractivity contribution in [3.8, 4) is 0 Å². The number of oxime groups is 1. The summed E-state index contributed by atoms with van der Waals surface area (Å²) in [5.41, 5.74) is 6.64. The number of primary amides is 1. The van der Waals surface area contributed by atoms with Gasteiger partial charge in [-0.25, -0.2) is 4.79 Å². The van der Waals surface area contributed by atoms with Crippen LogP contribution in [-0.2, 0) is 4.84 Å². The van der Waals surface area contributed by atoms with Gasteiger partial charge in [-0.1, -0.05) is 35.0 Å². The topological polar surface area (TPSA) is 88.2 Å². The van der Waals surface area contributed by atoms with Crippen LogP contribution in [0.3, 0.4) is 0 Å². The molecule has 1 heterocycles. The molecule has 0 radical (unpaired) electrons. The Morgan fingerprint density at radius 3 is 2.80 bits per heavy atom. The van der Waals surface area contributed by atoms with Crippen molar-refractivity contribution in [3.63, 3.8) is 0 Å². The molecule has 0 aromatic heterocycles. The molecule has 0 aliphatic carbocycles. The van der Waals surface area contributed by atoms with E-state index in [1.54, 1.807) is 12.1 Å². The molecule has 6 nitrogen and oxygen atoms in total. The Morgan fingerprint density at radius 1 is 1.50 bits per heavy atom. The summed E-state index contributed by atoms with van der Waals surface area (Å²) < 4.78 is 0. The average Bonchev–Trinajstić information content (AvgIpc) is 2.40. The standard InChI is InChI=1S/C13H14ClN3O3/c14-11-5-3-9(4-6-11)12-10(8-16-19)2-1-7-17(12)20-13(15)18/h2-6,8,12,19H,1,7H2,(H2,15,18). The second-order valence-electron chi connectivity index (χ2n) is 4.24. The van der Waals surface area contributed by atoms with Crippen LogP contribution in [0.1, 0.15) is 18.0 Å². The van der Waals surface area contributed by atoms with Crippen molar-refractivity contribution in [3.05, 3.63) is 46.5 Å². The molecule has 0 saturated heterocycles. The van der Waals surface area contributed by atoms with Gasteiger partial charge in [-0.05, 0) is 29.7 Å².